The molecule has 1 amide bonds. The summed E-state index contributed by atoms with van der Waals surface area (Å²) in [5.74, 6) is 1.22. The first-order chi connectivity index (χ1) is 15.5. The highest BCUT2D eigenvalue weighted by Crippen LogP contribution is 2.36. The van der Waals surface area contributed by atoms with Gasteiger partial charge in [0.15, 0.2) is 16.6 Å². The van der Waals surface area contributed by atoms with Crippen LogP contribution in [0, 0.1) is 3.57 Å². The van der Waals surface area contributed by atoms with Crippen LogP contribution in [0.15, 0.2) is 60.3 Å². The summed E-state index contributed by atoms with van der Waals surface area (Å²) in [4.78, 5) is 14.1. The molecule has 1 aliphatic rings. The highest BCUT2D eigenvalue weighted by atomic mass is 127. The number of halogens is 1. The standard InChI is InChI=1S/C25H23IN2O3S/c1-3-28-24(29)21(27-25(28)32)13-16-12-20(26)23(22(14-16)30-4-2)31-15-18-10-7-9-17-8-5-6-11-19(17)18/h5-14H,3-4,15H2,1-2H3,(H,27,32)/b21-13-. The van der Waals surface area contributed by atoms with Crippen molar-refractivity contribution in [1.82, 2.24) is 10.2 Å². The van der Waals surface area contributed by atoms with E-state index >= 15 is 0 Å². The zero-order valence-electron chi connectivity index (χ0n) is 17.9. The van der Waals surface area contributed by atoms with E-state index < -0.39 is 0 Å². The Labute approximate surface area is 206 Å². The quantitative estimate of drug-likeness (QED) is 0.236. The lowest BCUT2D eigenvalue weighted by molar-refractivity contribution is -0.122. The monoisotopic (exact) mass is 558 g/mol. The van der Waals surface area contributed by atoms with Gasteiger partial charge in [-0.1, -0.05) is 42.5 Å². The third-order valence-electron chi connectivity index (χ3n) is 5.17. The summed E-state index contributed by atoms with van der Waals surface area (Å²) in [6.07, 6.45) is 1.80. The van der Waals surface area contributed by atoms with Crippen LogP contribution in [0.3, 0.4) is 0 Å². The Morgan fingerprint density at radius 1 is 1.09 bits per heavy atom. The molecule has 0 spiro atoms. The number of rotatable bonds is 7. The maximum Gasteiger partial charge on any atom is 0.276 e. The number of amides is 1. The minimum absolute atomic E-state index is 0.123. The molecule has 1 N–H and O–H groups in total. The maximum atomic E-state index is 12.5. The lowest BCUT2D eigenvalue weighted by atomic mass is 10.1. The third kappa shape index (κ3) is 4.59. The number of carbonyl (C=O) groups is 1. The molecule has 3 aromatic carbocycles. The second-order valence-electron chi connectivity index (χ2n) is 7.23. The molecule has 1 fully saturated rings. The summed E-state index contributed by atoms with van der Waals surface area (Å²) in [7, 11) is 0. The van der Waals surface area contributed by atoms with E-state index in [9.17, 15) is 4.79 Å². The smallest absolute Gasteiger partial charge is 0.276 e. The molecule has 0 aliphatic carbocycles. The number of nitrogens with one attached hydrogen (secondary N) is 1. The number of carbonyl (C=O) groups excluding carboxylic acids is 1. The van der Waals surface area contributed by atoms with E-state index in [4.69, 9.17) is 21.7 Å². The molecule has 1 heterocycles. The van der Waals surface area contributed by atoms with Gasteiger partial charge < -0.3 is 14.8 Å². The van der Waals surface area contributed by atoms with Gasteiger partial charge in [0.2, 0.25) is 0 Å². The maximum absolute atomic E-state index is 12.5. The van der Waals surface area contributed by atoms with Gasteiger partial charge in [0.05, 0.1) is 10.2 Å². The highest BCUT2D eigenvalue weighted by molar-refractivity contribution is 14.1. The van der Waals surface area contributed by atoms with Crippen LogP contribution >= 0.6 is 34.8 Å². The lowest BCUT2D eigenvalue weighted by Crippen LogP contribution is -2.30. The molecule has 0 unspecified atom stereocenters. The Morgan fingerprint density at radius 3 is 2.62 bits per heavy atom. The number of benzene rings is 3. The lowest BCUT2D eigenvalue weighted by Gasteiger charge is -2.16. The van der Waals surface area contributed by atoms with Crippen LogP contribution in [0.4, 0.5) is 0 Å². The van der Waals surface area contributed by atoms with Crippen LogP contribution < -0.4 is 14.8 Å². The highest BCUT2D eigenvalue weighted by Gasteiger charge is 2.29. The van der Waals surface area contributed by atoms with Crippen molar-refractivity contribution in [3.63, 3.8) is 0 Å². The molecule has 4 rings (SSSR count). The van der Waals surface area contributed by atoms with E-state index in [0.717, 1.165) is 14.7 Å². The number of thiocarbonyl (C=S) groups is 1. The topological polar surface area (TPSA) is 50.8 Å². The molecule has 5 nitrogen and oxygen atoms in total. The van der Waals surface area contributed by atoms with E-state index in [1.54, 1.807) is 6.08 Å². The molecule has 32 heavy (non-hydrogen) atoms. The Bertz CT molecular complexity index is 1220. The van der Waals surface area contributed by atoms with Crippen molar-refractivity contribution >= 4 is 62.7 Å². The van der Waals surface area contributed by atoms with Crippen molar-refractivity contribution in [3.8, 4) is 11.5 Å². The minimum atomic E-state index is -0.123. The second-order valence-corrected chi connectivity index (χ2v) is 8.78. The van der Waals surface area contributed by atoms with E-state index in [2.05, 4.69) is 52.2 Å². The van der Waals surface area contributed by atoms with Gasteiger partial charge in [-0.25, -0.2) is 0 Å². The Morgan fingerprint density at radius 2 is 1.88 bits per heavy atom. The molecule has 0 aromatic heterocycles. The average molecular weight is 558 g/mol. The SMILES string of the molecule is CCOc1cc(/C=C2\NC(=S)N(CC)C2=O)cc(I)c1OCc1cccc2ccccc12. The Balaban J connectivity index is 1.63. The fraction of sp³-hybridized carbons (Fsp3) is 0.200. The molecule has 3 aromatic rings. The molecule has 0 radical (unpaired) electrons. The van der Waals surface area contributed by atoms with Crippen LogP contribution in [0.5, 0.6) is 11.5 Å². The number of ether oxygens (including phenoxy) is 2. The molecule has 7 heteroatoms. The van der Waals surface area contributed by atoms with Crippen molar-refractivity contribution in [3.05, 3.63) is 75.0 Å². The fourth-order valence-corrected chi connectivity index (χ4v) is 4.77. The summed E-state index contributed by atoms with van der Waals surface area (Å²) in [5, 5.41) is 5.78. The van der Waals surface area contributed by atoms with Gasteiger partial charge in [0, 0.05) is 6.54 Å². The van der Waals surface area contributed by atoms with Crippen molar-refractivity contribution < 1.29 is 14.3 Å². The second kappa shape index (κ2) is 9.87. The van der Waals surface area contributed by atoms with Gasteiger partial charge >= 0.3 is 0 Å². The Hall–Kier alpha value is -2.65. The molecule has 0 bridgehead atoms. The van der Waals surface area contributed by atoms with Gasteiger partial charge in [0.25, 0.3) is 5.91 Å². The van der Waals surface area contributed by atoms with Crippen molar-refractivity contribution in [2.45, 2.75) is 20.5 Å². The zero-order valence-corrected chi connectivity index (χ0v) is 20.8. The van der Waals surface area contributed by atoms with Crippen molar-refractivity contribution in [2.24, 2.45) is 0 Å². The predicted octanol–water partition coefficient (Wildman–Crippen LogP) is 5.50. The van der Waals surface area contributed by atoms with E-state index in [0.29, 0.717) is 42.1 Å². The summed E-state index contributed by atoms with van der Waals surface area (Å²) in [5.41, 5.74) is 2.41. The van der Waals surface area contributed by atoms with Gasteiger partial charge in [-0.05, 0) is 88.8 Å². The van der Waals surface area contributed by atoms with Crippen LogP contribution in [0.1, 0.15) is 25.0 Å². The van der Waals surface area contributed by atoms with Crippen LogP contribution in [0.25, 0.3) is 16.8 Å². The minimum Gasteiger partial charge on any atom is -0.490 e. The molecular formula is C25H23IN2O3S. The molecule has 1 aliphatic heterocycles. The largest absolute Gasteiger partial charge is 0.490 e. The van der Waals surface area contributed by atoms with Gasteiger partial charge in [-0.15, -0.1) is 0 Å². The van der Waals surface area contributed by atoms with E-state index in [1.807, 2.05) is 44.2 Å². The Kier molecular flexibility index (Phi) is 6.95. The van der Waals surface area contributed by atoms with Gasteiger partial charge in [0.1, 0.15) is 12.3 Å². The fourth-order valence-electron chi connectivity index (χ4n) is 3.67. The summed E-state index contributed by atoms with van der Waals surface area (Å²) in [6, 6.07) is 18.4. The summed E-state index contributed by atoms with van der Waals surface area (Å²) in [6.45, 7) is 5.30. The number of hydrogen-bond donors (Lipinski definition) is 1. The van der Waals surface area contributed by atoms with E-state index in [-0.39, 0.29) is 5.91 Å². The molecule has 0 atom stereocenters. The normalized spacial score (nSPS) is 14.8. The number of hydrogen-bond acceptors (Lipinski definition) is 4. The van der Waals surface area contributed by atoms with Crippen LogP contribution in [-0.4, -0.2) is 29.1 Å². The van der Waals surface area contributed by atoms with Crippen LogP contribution in [-0.2, 0) is 11.4 Å². The number of likely N-dealkylation sites (N-methyl/N-ethyl adjacent to an activating group) is 1. The predicted molar refractivity (Wildman–Crippen MR) is 140 cm³/mol. The van der Waals surface area contributed by atoms with Crippen molar-refractivity contribution in [1.29, 1.82) is 0 Å². The summed E-state index contributed by atoms with van der Waals surface area (Å²) < 4.78 is 13.0. The third-order valence-corrected chi connectivity index (χ3v) is 6.30. The summed E-state index contributed by atoms with van der Waals surface area (Å²) >= 11 is 7.49. The first kappa shape index (κ1) is 22.5. The van der Waals surface area contributed by atoms with Crippen molar-refractivity contribution in [2.75, 3.05) is 13.2 Å². The molecule has 1 saturated heterocycles. The van der Waals surface area contributed by atoms with Gasteiger partial charge in [-0.2, -0.15) is 0 Å². The number of nitrogens with zero attached hydrogens (tertiary/aromatic N) is 1. The number of fused-ring (bicyclic) bond motifs is 1. The molecular weight excluding hydrogens is 535 g/mol. The zero-order chi connectivity index (χ0) is 22.7. The van der Waals surface area contributed by atoms with Crippen LogP contribution in [0.2, 0.25) is 0 Å². The van der Waals surface area contributed by atoms with Gasteiger partial charge in [-0.3, -0.25) is 9.69 Å². The van der Waals surface area contributed by atoms with E-state index in [1.165, 1.54) is 15.7 Å². The first-order valence-corrected chi connectivity index (χ1v) is 11.9. The average Bonchev–Trinajstić information content (AvgIpc) is 3.05. The molecule has 0 saturated carbocycles. The first-order valence-electron chi connectivity index (χ1n) is 10.4. The molecule has 164 valence electrons.